The van der Waals surface area contributed by atoms with Crippen molar-refractivity contribution >= 4 is 0 Å². The standard InChI is InChI=1S/C18H22N4O3/c1-13-20-18(25-21-13)15-3-2-8-22(10-15)11-16(23)12-24-17-6-4-14(9-19)5-7-17/h4-7,15-16,23H,2-3,8,10-12H2,1H3/t15-,16-/m0/s1. The number of benzene rings is 1. The Kier molecular flexibility index (Phi) is 5.64. The number of β-amino-alcohol motifs (C(OH)–C–C–N with tert-alkyl or cyclic N) is 1. The molecule has 1 aliphatic heterocycles. The molecule has 1 fully saturated rings. The maximum atomic E-state index is 10.3. The van der Waals surface area contributed by atoms with Gasteiger partial charge in [0.2, 0.25) is 5.89 Å². The van der Waals surface area contributed by atoms with Gasteiger partial charge in [0.1, 0.15) is 18.5 Å². The van der Waals surface area contributed by atoms with E-state index in [0.29, 0.717) is 29.6 Å². The Morgan fingerprint density at radius 1 is 1.44 bits per heavy atom. The Labute approximate surface area is 146 Å². The average molecular weight is 342 g/mol. The molecule has 1 aromatic carbocycles. The first-order valence-corrected chi connectivity index (χ1v) is 8.47. The van der Waals surface area contributed by atoms with Gasteiger partial charge < -0.3 is 14.4 Å². The molecule has 2 heterocycles. The summed E-state index contributed by atoms with van der Waals surface area (Å²) in [5, 5.41) is 22.9. The number of aromatic nitrogens is 2. The van der Waals surface area contributed by atoms with Gasteiger partial charge in [-0.25, -0.2) is 0 Å². The number of aliphatic hydroxyl groups excluding tert-OH is 1. The lowest BCUT2D eigenvalue weighted by molar-refractivity contribution is 0.0561. The number of ether oxygens (including phenoxy) is 1. The molecule has 0 aliphatic carbocycles. The van der Waals surface area contributed by atoms with Crippen molar-refractivity contribution in [2.24, 2.45) is 0 Å². The maximum Gasteiger partial charge on any atom is 0.231 e. The number of aliphatic hydroxyl groups is 1. The van der Waals surface area contributed by atoms with Crippen molar-refractivity contribution in [3.8, 4) is 11.8 Å². The van der Waals surface area contributed by atoms with Crippen LogP contribution in [-0.2, 0) is 0 Å². The van der Waals surface area contributed by atoms with Gasteiger partial charge in [-0.05, 0) is 50.6 Å². The number of hydrogen-bond acceptors (Lipinski definition) is 7. The molecule has 0 unspecified atom stereocenters. The van der Waals surface area contributed by atoms with Gasteiger partial charge in [-0.15, -0.1) is 0 Å². The number of nitrogens with zero attached hydrogens (tertiary/aromatic N) is 4. The smallest absolute Gasteiger partial charge is 0.231 e. The van der Waals surface area contributed by atoms with E-state index in [-0.39, 0.29) is 12.5 Å². The summed E-state index contributed by atoms with van der Waals surface area (Å²) in [6.45, 7) is 4.32. The highest BCUT2D eigenvalue weighted by Crippen LogP contribution is 2.25. The van der Waals surface area contributed by atoms with Crippen LogP contribution in [0.15, 0.2) is 28.8 Å². The fourth-order valence-electron chi connectivity index (χ4n) is 3.07. The highest BCUT2D eigenvalue weighted by molar-refractivity contribution is 5.34. The van der Waals surface area contributed by atoms with Crippen molar-refractivity contribution in [1.82, 2.24) is 15.0 Å². The van der Waals surface area contributed by atoms with Gasteiger partial charge in [-0.2, -0.15) is 10.2 Å². The lowest BCUT2D eigenvalue weighted by atomic mass is 9.98. The number of piperidine rings is 1. The zero-order valence-electron chi connectivity index (χ0n) is 14.3. The molecule has 1 saturated heterocycles. The summed E-state index contributed by atoms with van der Waals surface area (Å²) < 4.78 is 10.9. The molecule has 0 radical (unpaired) electrons. The Morgan fingerprint density at radius 3 is 2.92 bits per heavy atom. The van der Waals surface area contributed by atoms with Crippen molar-refractivity contribution in [2.45, 2.75) is 31.8 Å². The van der Waals surface area contributed by atoms with E-state index in [0.717, 1.165) is 25.9 Å². The summed E-state index contributed by atoms with van der Waals surface area (Å²) >= 11 is 0. The van der Waals surface area contributed by atoms with E-state index in [1.807, 2.05) is 6.92 Å². The molecule has 132 valence electrons. The van der Waals surface area contributed by atoms with Crippen molar-refractivity contribution in [3.63, 3.8) is 0 Å². The van der Waals surface area contributed by atoms with Gasteiger partial charge in [-0.1, -0.05) is 5.16 Å². The molecule has 1 aliphatic rings. The third-order valence-electron chi connectivity index (χ3n) is 4.29. The number of rotatable bonds is 6. The Bertz CT molecular complexity index is 723. The second-order valence-corrected chi connectivity index (χ2v) is 6.38. The highest BCUT2D eigenvalue weighted by atomic mass is 16.5. The van der Waals surface area contributed by atoms with Gasteiger partial charge >= 0.3 is 0 Å². The van der Waals surface area contributed by atoms with Crippen LogP contribution in [-0.4, -0.2) is 52.5 Å². The minimum atomic E-state index is -0.584. The minimum absolute atomic E-state index is 0.215. The second kappa shape index (κ2) is 8.10. The van der Waals surface area contributed by atoms with Crippen LogP contribution in [0.1, 0.15) is 36.0 Å². The molecule has 0 bridgehead atoms. The highest BCUT2D eigenvalue weighted by Gasteiger charge is 2.26. The van der Waals surface area contributed by atoms with Crippen molar-refractivity contribution < 1.29 is 14.4 Å². The van der Waals surface area contributed by atoms with Crippen LogP contribution in [0.4, 0.5) is 0 Å². The number of likely N-dealkylation sites (tertiary alicyclic amines) is 1. The molecule has 25 heavy (non-hydrogen) atoms. The number of nitriles is 1. The summed E-state index contributed by atoms with van der Waals surface area (Å²) in [7, 11) is 0. The summed E-state index contributed by atoms with van der Waals surface area (Å²) in [6, 6.07) is 8.93. The molecule has 7 heteroatoms. The molecule has 2 aromatic rings. The van der Waals surface area contributed by atoms with E-state index in [4.69, 9.17) is 14.5 Å². The average Bonchev–Trinajstić information content (AvgIpc) is 3.07. The van der Waals surface area contributed by atoms with Crippen LogP contribution in [0.2, 0.25) is 0 Å². The largest absolute Gasteiger partial charge is 0.491 e. The normalized spacial score (nSPS) is 19.3. The maximum absolute atomic E-state index is 10.3. The van der Waals surface area contributed by atoms with E-state index in [1.54, 1.807) is 24.3 Å². The van der Waals surface area contributed by atoms with Crippen LogP contribution < -0.4 is 4.74 Å². The van der Waals surface area contributed by atoms with Crippen molar-refractivity contribution in [1.29, 1.82) is 5.26 Å². The van der Waals surface area contributed by atoms with E-state index >= 15 is 0 Å². The van der Waals surface area contributed by atoms with E-state index in [1.165, 1.54) is 0 Å². The van der Waals surface area contributed by atoms with Crippen LogP contribution in [0.25, 0.3) is 0 Å². The molecule has 0 saturated carbocycles. The Hall–Kier alpha value is -2.43. The Balaban J connectivity index is 1.47. The molecular weight excluding hydrogens is 320 g/mol. The first kappa shape index (κ1) is 17.4. The summed E-state index contributed by atoms with van der Waals surface area (Å²) in [4.78, 5) is 6.53. The molecule has 0 spiro atoms. The predicted molar refractivity (Wildman–Crippen MR) is 90.1 cm³/mol. The van der Waals surface area contributed by atoms with Gasteiger partial charge in [0.25, 0.3) is 0 Å². The fourth-order valence-corrected chi connectivity index (χ4v) is 3.07. The van der Waals surface area contributed by atoms with Crippen molar-refractivity contribution in [3.05, 3.63) is 41.5 Å². The van der Waals surface area contributed by atoms with Crippen LogP contribution in [0, 0.1) is 18.3 Å². The third kappa shape index (κ3) is 4.78. The zero-order valence-corrected chi connectivity index (χ0v) is 14.3. The molecular formula is C18H22N4O3. The number of hydrogen-bond donors (Lipinski definition) is 1. The minimum Gasteiger partial charge on any atom is -0.491 e. The second-order valence-electron chi connectivity index (χ2n) is 6.38. The fraction of sp³-hybridized carbons (Fsp3) is 0.500. The van der Waals surface area contributed by atoms with E-state index < -0.39 is 6.10 Å². The Morgan fingerprint density at radius 2 is 2.24 bits per heavy atom. The third-order valence-corrected chi connectivity index (χ3v) is 4.29. The van der Waals surface area contributed by atoms with Gasteiger partial charge in [-0.3, -0.25) is 4.90 Å². The van der Waals surface area contributed by atoms with Gasteiger partial charge in [0.05, 0.1) is 17.6 Å². The van der Waals surface area contributed by atoms with E-state index in [2.05, 4.69) is 21.1 Å². The van der Waals surface area contributed by atoms with Crippen LogP contribution in [0.5, 0.6) is 5.75 Å². The molecule has 1 aromatic heterocycles. The molecule has 3 rings (SSSR count). The quantitative estimate of drug-likeness (QED) is 0.856. The lowest BCUT2D eigenvalue weighted by Crippen LogP contribution is -2.41. The summed E-state index contributed by atoms with van der Waals surface area (Å²) in [5.41, 5.74) is 0.587. The zero-order chi connectivity index (χ0) is 17.6. The predicted octanol–water partition coefficient (Wildman–Crippen LogP) is 1.87. The SMILES string of the molecule is Cc1noc([C@H]2CCCN(C[C@H](O)COc3ccc(C#N)cc3)C2)n1. The number of aryl methyl sites for hydroxylation is 1. The molecule has 0 amide bonds. The monoisotopic (exact) mass is 342 g/mol. The molecule has 1 N–H and O–H groups in total. The summed E-state index contributed by atoms with van der Waals surface area (Å²) in [5.74, 6) is 2.21. The first-order valence-electron chi connectivity index (χ1n) is 8.47. The topological polar surface area (TPSA) is 95.4 Å². The van der Waals surface area contributed by atoms with E-state index in [9.17, 15) is 5.11 Å². The van der Waals surface area contributed by atoms with Crippen LogP contribution >= 0.6 is 0 Å². The molecule has 7 nitrogen and oxygen atoms in total. The van der Waals surface area contributed by atoms with Crippen LogP contribution in [0.3, 0.4) is 0 Å². The first-order chi connectivity index (χ1) is 12.1. The van der Waals surface area contributed by atoms with Gasteiger partial charge in [0.15, 0.2) is 5.82 Å². The molecule has 2 atom stereocenters. The van der Waals surface area contributed by atoms with Crippen molar-refractivity contribution in [2.75, 3.05) is 26.2 Å². The lowest BCUT2D eigenvalue weighted by Gasteiger charge is -2.32. The summed E-state index contributed by atoms with van der Waals surface area (Å²) in [6.07, 6.45) is 1.48. The van der Waals surface area contributed by atoms with Gasteiger partial charge in [0, 0.05) is 13.1 Å².